The zero-order valence-electron chi connectivity index (χ0n) is 18.7. The van der Waals surface area contributed by atoms with Crippen molar-refractivity contribution in [2.24, 2.45) is 13.0 Å². The van der Waals surface area contributed by atoms with E-state index in [0.29, 0.717) is 36.2 Å². The van der Waals surface area contributed by atoms with E-state index in [9.17, 15) is 17.6 Å². The molecule has 1 amide bonds. The maximum atomic E-state index is 13.6. The van der Waals surface area contributed by atoms with E-state index >= 15 is 0 Å². The van der Waals surface area contributed by atoms with Gasteiger partial charge in [-0.15, -0.1) is 0 Å². The molecular formula is C21H23FN6O5S. The van der Waals surface area contributed by atoms with Crippen LogP contribution in [0.2, 0.25) is 0 Å². The molecule has 0 saturated carbocycles. The van der Waals surface area contributed by atoms with Gasteiger partial charge in [-0.05, 0) is 37.6 Å². The van der Waals surface area contributed by atoms with Crippen LogP contribution in [0.5, 0.6) is 5.75 Å². The van der Waals surface area contributed by atoms with Crippen molar-refractivity contribution in [1.82, 2.24) is 19.4 Å². The molecule has 2 aliphatic heterocycles. The first-order valence-corrected chi connectivity index (χ1v) is 12.1. The van der Waals surface area contributed by atoms with Crippen molar-refractivity contribution in [1.29, 1.82) is 0 Å². The highest BCUT2D eigenvalue weighted by atomic mass is 32.2. The largest absolute Gasteiger partial charge is 0.489 e. The minimum absolute atomic E-state index is 0.0307. The Labute approximate surface area is 194 Å². The quantitative estimate of drug-likeness (QED) is 0.566. The maximum Gasteiger partial charge on any atom is 0.324 e. The number of sulfonamides is 1. The van der Waals surface area contributed by atoms with E-state index in [2.05, 4.69) is 20.2 Å². The van der Waals surface area contributed by atoms with Crippen LogP contribution in [0.1, 0.15) is 21.9 Å². The van der Waals surface area contributed by atoms with Crippen LogP contribution >= 0.6 is 0 Å². The molecule has 11 nitrogen and oxygen atoms in total. The summed E-state index contributed by atoms with van der Waals surface area (Å²) in [6.45, 7) is 4.24. The summed E-state index contributed by atoms with van der Waals surface area (Å²) in [5.41, 5.74) is 0.798. The Morgan fingerprint density at radius 1 is 1.29 bits per heavy atom. The molecule has 2 atom stereocenters. The van der Waals surface area contributed by atoms with Gasteiger partial charge in [0.05, 0.1) is 6.61 Å². The van der Waals surface area contributed by atoms with Crippen LogP contribution in [0, 0.1) is 25.6 Å². The number of ether oxygens (including phenoxy) is 1. The Morgan fingerprint density at radius 3 is 2.79 bits per heavy atom. The third-order valence-corrected chi connectivity index (χ3v) is 7.48. The summed E-state index contributed by atoms with van der Waals surface area (Å²) >= 11 is 0. The molecule has 1 fully saturated rings. The van der Waals surface area contributed by atoms with E-state index in [1.54, 1.807) is 20.9 Å². The van der Waals surface area contributed by atoms with Crippen molar-refractivity contribution < 1.29 is 26.9 Å². The molecule has 4 heterocycles. The first kappa shape index (κ1) is 22.3. The average molecular weight is 491 g/mol. The van der Waals surface area contributed by atoms with Gasteiger partial charge in [0.15, 0.2) is 17.3 Å². The fourth-order valence-corrected chi connectivity index (χ4v) is 5.77. The van der Waals surface area contributed by atoms with Crippen LogP contribution in [0.4, 0.5) is 16.1 Å². The fourth-order valence-electron chi connectivity index (χ4n) is 4.28. The van der Waals surface area contributed by atoms with E-state index in [1.807, 2.05) is 4.90 Å². The number of nitrogens with zero attached hydrogens (tertiary/aromatic N) is 4. The van der Waals surface area contributed by atoms with E-state index in [4.69, 9.17) is 9.26 Å². The Hall–Kier alpha value is -3.45. The van der Waals surface area contributed by atoms with Crippen molar-refractivity contribution in [3.8, 4) is 5.75 Å². The molecule has 0 radical (unpaired) electrons. The molecule has 0 aliphatic carbocycles. The van der Waals surface area contributed by atoms with Crippen molar-refractivity contribution in [3.05, 3.63) is 47.3 Å². The number of hydrogen-bond acceptors (Lipinski definition) is 8. The third kappa shape index (κ3) is 3.90. The summed E-state index contributed by atoms with van der Waals surface area (Å²) in [6.07, 6.45) is 1.34. The van der Waals surface area contributed by atoms with Crippen molar-refractivity contribution in [2.45, 2.75) is 24.8 Å². The molecule has 13 heteroatoms. The Morgan fingerprint density at radius 2 is 2.09 bits per heavy atom. The molecule has 2 aliphatic rings. The van der Waals surface area contributed by atoms with Gasteiger partial charge in [-0.3, -0.25) is 4.79 Å². The number of fused-ring (bicyclic) bond motifs is 2. The number of anilines is 2. The van der Waals surface area contributed by atoms with Gasteiger partial charge >= 0.3 is 6.01 Å². The van der Waals surface area contributed by atoms with Gasteiger partial charge in [-0.2, -0.15) is 4.98 Å². The molecule has 34 heavy (non-hydrogen) atoms. The normalized spacial score (nSPS) is 21.2. The van der Waals surface area contributed by atoms with Gasteiger partial charge in [0.1, 0.15) is 10.7 Å². The molecule has 1 aromatic carbocycles. The predicted octanol–water partition coefficient (Wildman–Crippen LogP) is 1.59. The lowest BCUT2D eigenvalue weighted by molar-refractivity contribution is 0.101. The van der Waals surface area contributed by atoms with Crippen LogP contribution in [0.15, 0.2) is 33.8 Å². The zero-order valence-corrected chi connectivity index (χ0v) is 19.5. The Kier molecular flexibility index (Phi) is 5.32. The molecule has 2 N–H and O–H groups in total. The number of rotatable bonds is 3. The van der Waals surface area contributed by atoms with Crippen LogP contribution in [-0.4, -0.2) is 54.8 Å². The molecule has 1 saturated heterocycles. The second kappa shape index (κ2) is 8.09. The Balaban J connectivity index is 1.43. The number of halogens is 1. The van der Waals surface area contributed by atoms with E-state index < -0.39 is 27.8 Å². The van der Waals surface area contributed by atoms with E-state index in [0.717, 1.165) is 0 Å². The number of carbonyl (C=O) groups is 1. The molecule has 0 unspecified atom stereocenters. The number of amides is 1. The van der Waals surface area contributed by atoms with Crippen LogP contribution < -0.4 is 19.7 Å². The number of nitrogens with one attached hydrogen (secondary N) is 2. The first-order valence-electron chi connectivity index (χ1n) is 10.6. The van der Waals surface area contributed by atoms with Gasteiger partial charge in [0, 0.05) is 44.0 Å². The van der Waals surface area contributed by atoms with Gasteiger partial charge < -0.3 is 24.0 Å². The molecule has 2 aromatic heterocycles. The number of carbonyl (C=O) groups excluding carboxylic acids is 1. The minimum Gasteiger partial charge on any atom is -0.489 e. The van der Waals surface area contributed by atoms with Crippen LogP contribution in [0.25, 0.3) is 0 Å². The Bertz CT molecular complexity index is 1380. The minimum atomic E-state index is -4.00. The van der Waals surface area contributed by atoms with E-state index in [1.165, 1.54) is 29.0 Å². The van der Waals surface area contributed by atoms with Crippen LogP contribution in [-0.2, 0) is 17.1 Å². The lowest BCUT2D eigenvalue weighted by Crippen LogP contribution is -2.43. The smallest absolute Gasteiger partial charge is 0.324 e. The highest BCUT2D eigenvalue weighted by molar-refractivity contribution is 7.89. The third-order valence-electron chi connectivity index (χ3n) is 6.00. The number of benzene rings is 1. The fraction of sp³-hybridized carbons (Fsp3) is 0.381. The highest BCUT2D eigenvalue weighted by Crippen LogP contribution is 2.35. The summed E-state index contributed by atoms with van der Waals surface area (Å²) in [5, 5.41) is 6.47. The number of aromatic nitrogens is 3. The van der Waals surface area contributed by atoms with Crippen molar-refractivity contribution >= 4 is 27.6 Å². The summed E-state index contributed by atoms with van der Waals surface area (Å²) < 4.78 is 55.3. The SMILES string of the molecule is Cc1noc(N2C[C@H]3COc4c(cn(C)c4C(=O)Nc4ccc(F)c(C)c4)S(=O)(=O)N[C@H]3C2)n1. The number of aryl methyl sites for hydroxylation is 3. The summed E-state index contributed by atoms with van der Waals surface area (Å²) in [6, 6.07) is 4.06. The van der Waals surface area contributed by atoms with Gasteiger partial charge in [0.25, 0.3) is 5.91 Å². The van der Waals surface area contributed by atoms with Gasteiger partial charge in [0.2, 0.25) is 10.0 Å². The molecule has 0 bridgehead atoms. The average Bonchev–Trinajstić information content (AvgIpc) is 3.45. The predicted molar refractivity (Wildman–Crippen MR) is 119 cm³/mol. The number of hydrogen-bond donors (Lipinski definition) is 2. The highest BCUT2D eigenvalue weighted by Gasteiger charge is 2.42. The van der Waals surface area contributed by atoms with Crippen molar-refractivity contribution in [2.75, 3.05) is 29.9 Å². The summed E-state index contributed by atoms with van der Waals surface area (Å²) in [7, 11) is -2.43. The maximum absolute atomic E-state index is 13.6. The lowest BCUT2D eigenvalue weighted by atomic mass is 10.1. The van der Waals surface area contributed by atoms with Crippen molar-refractivity contribution in [3.63, 3.8) is 0 Å². The summed E-state index contributed by atoms with van der Waals surface area (Å²) in [5.74, 6) is -0.728. The molecular weight excluding hydrogens is 467 g/mol. The molecule has 180 valence electrons. The molecule has 5 rings (SSSR count). The lowest BCUT2D eigenvalue weighted by Gasteiger charge is -2.23. The molecule has 0 spiro atoms. The second-order valence-electron chi connectivity index (χ2n) is 8.53. The molecule has 3 aromatic rings. The first-order chi connectivity index (χ1) is 16.1. The second-order valence-corrected chi connectivity index (χ2v) is 10.2. The zero-order chi connectivity index (χ0) is 24.2. The van der Waals surface area contributed by atoms with Gasteiger partial charge in [-0.25, -0.2) is 17.5 Å². The van der Waals surface area contributed by atoms with Crippen LogP contribution in [0.3, 0.4) is 0 Å². The topological polar surface area (TPSA) is 132 Å². The van der Waals surface area contributed by atoms with Gasteiger partial charge in [-0.1, -0.05) is 5.16 Å². The van der Waals surface area contributed by atoms with E-state index in [-0.39, 0.29) is 28.9 Å². The summed E-state index contributed by atoms with van der Waals surface area (Å²) in [4.78, 5) is 19.0. The standard InChI is InChI=1S/C21H23FN6O5S/c1-11-6-14(4-5-15(11)22)24-20(29)18-19-17(9-27(18)3)34(30,31)26-16-8-28(7-13(16)10-32-19)21-23-12(2)25-33-21/h4-6,9,13,16,26H,7-8,10H2,1-3H3,(H,24,29)/t13-,16-/m0/s1. The monoisotopic (exact) mass is 490 g/mol.